The second-order valence-corrected chi connectivity index (χ2v) is 5.33. The Morgan fingerprint density at radius 3 is 2.85 bits per heavy atom. The molecular weight excluding hydrogens is 262 g/mol. The van der Waals surface area contributed by atoms with Crippen molar-refractivity contribution in [3.8, 4) is 0 Å². The van der Waals surface area contributed by atoms with E-state index in [9.17, 15) is 13.6 Å². The van der Waals surface area contributed by atoms with Crippen molar-refractivity contribution in [3.63, 3.8) is 0 Å². The van der Waals surface area contributed by atoms with Crippen molar-refractivity contribution in [1.82, 2.24) is 10.2 Å². The minimum absolute atomic E-state index is 0.0200. The van der Waals surface area contributed by atoms with Crippen LogP contribution in [-0.2, 0) is 4.79 Å². The van der Waals surface area contributed by atoms with Crippen LogP contribution in [0.3, 0.4) is 0 Å². The van der Waals surface area contributed by atoms with E-state index in [0.29, 0.717) is 6.54 Å². The lowest BCUT2D eigenvalue weighted by atomic mass is 9.96. The molecular formula is C15H20F2N2O. The third-order valence-electron chi connectivity index (χ3n) is 3.98. The van der Waals surface area contributed by atoms with Gasteiger partial charge in [-0.3, -0.25) is 4.79 Å². The molecule has 1 aromatic rings. The number of carbonyl (C=O) groups is 1. The van der Waals surface area contributed by atoms with Crippen molar-refractivity contribution < 1.29 is 13.6 Å². The molecule has 0 aliphatic carbocycles. The van der Waals surface area contributed by atoms with E-state index in [-0.39, 0.29) is 17.4 Å². The first-order valence-corrected chi connectivity index (χ1v) is 6.93. The molecule has 20 heavy (non-hydrogen) atoms. The lowest BCUT2D eigenvalue weighted by molar-refractivity contribution is -0.136. The molecule has 1 amide bonds. The lowest BCUT2D eigenvalue weighted by Gasteiger charge is -2.31. The van der Waals surface area contributed by atoms with Crippen molar-refractivity contribution >= 4 is 5.91 Å². The van der Waals surface area contributed by atoms with Crippen molar-refractivity contribution in [2.75, 3.05) is 20.1 Å². The van der Waals surface area contributed by atoms with E-state index in [1.165, 1.54) is 4.90 Å². The fourth-order valence-electron chi connectivity index (χ4n) is 2.58. The number of rotatable bonds is 3. The van der Waals surface area contributed by atoms with Gasteiger partial charge in [-0.25, -0.2) is 8.78 Å². The van der Waals surface area contributed by atoms with Crippen LogP contribution in [0.4, 0.5) is 8.78 Å². The van der Waals surface area contributed by atoms with Gasteiger partial charge in [-0.15, -0.1) is 0 Å². The van der Waals surface area contributed by atoms with E-state index < -0.39 is 17.7 Å². The van der Waals surface area contributed by atoms with Crippen LogP contribution >= 0.6 is 0 Å². The first-order chi connectivity index (χ1) is 9.50. The Balaban J connectivity index is 2.12. The Kier molecular flexibility index (Phi) is 4.70. The summed E-state index contributed by atoms with van der Waals surface area (Å²) in [5.41, 5.74) is 0.213. The fourth-order valence-corrected chi connectivity index (χ4v) is 2.58. The maximum absolute atomic E-state index is 13.8. The molecule has 1 saturated heterocycles. The molecule has 0 saturated carbocycles. The molecule has 0 aromatic heterocycles. The SMILES string of the molecule is C[C@@H](c1cc(F)ccc1F)N(C)C(=O)[C@@H]1CCCNC1. The summed E-state index contributed by atoms with van der Waals surface area (Å²) in [6.45, 7) is 3.30. The van der Waals surface area contributed by atoms with Gasteiger partial charge in [0.05, 0.1) is 12.0 Å². The van der Waals surface area contributed by atoms with Crippen LogP contribution < -0.4 is 5.32 Å². The zero-order valence-electron chi connectivity index (χ0n) is 11.8. The molecule has 110 valence electrons. The van der Waals surface area contributed by atoms with Crippen molar-refractivity contribution in [2.24, 2.45) is 5.92 Å². The van der Waals surface area contributed by atoms with Crippen LogP contribution in [0.5, 0.6) is 0 Å². The lowest BCUT2D eigenvalue weighted by Crippen LogP contribution is -2.42. The summed E-state index contributed by atoms with van der Waals surface area (Å²) in [6.07, 6.45) is 1.81. The van der Waals surface area contributed by atoms with Gasteiger partial charge >= 0.3 is 0 Å². The van der Waals surface area contributed by atoms with Gasteiger partial charge in [-0.2, -0.15) is 0 Å². The largest absolute Gasteiger partial charge is 0.339 e. The topological polar surface area (TPSA) is 32.3 Å². The van der Waals surface area contributed by atoms with E-state index in [1.54, 1.807) is 14.0 Å². The van der Waals surface area contributed by atoms with Crippen LogP contribution in [0, 0.1) is 17.6 Å². The van der Waals surface area contributed by atoms with E-state index >= 15 is 0 Å². The predicted molar refractivity (Wildman–Crippen MR) is 73.1 cm³/mol. The van der Waals surface area contributed by atoms with Gasteiger partial charge in [0.2, 0.25) is 5.91 Å². The zero-order chi connectivity index (χ0) is 14.7. The number of carbonyl (C=O) groups excluding carboxylic acids is 1. The van der Waals surface area contributed by atoms with Crippen LogP contribution in [-0.4, -0.2) is 30.9 Å². The minimum atomic E-state index is -0.492. The van der Waals surface area contributed by atoms with Crippen LogP contribution in [0.15, 0.2) is 18.2 Å². The second-order valence-electron chi connectivity index (χ2n) is 5.33. The molecule has 0 bridgehead atoms. The Morgan fingerprint density at radius 1 is 1.45 bits per heavy atom. The molecule has 1 aliphatic heterocycles. The molecule has 0 unspecified atom stereocenters. The van der Waals surface area contributed by atoms with Crippen molar-refractivity contribution in [1.29, 1.82) is 0 Å². The number of benzene rings is 1. The summed E-state index contributed by atoms with van der Waals surface area (Å²) in [4.78, 5) is 13.9. The molecule has 2 atom stereocenters. The standard InChI is InChI=1S/C15H20F2N2O/c1-10(13-8-12(16)5-6-14(13)17)19(2)15(20)11-4-3-7-18-9-11/h5-6,8,10-11,18H,3-4,7,9H2,1-2H3/t10-,11+/m0/s1. The maximum atomic E-state index is 13.8. The Hall–Kier alpha value is -1.49. The predicted octanol–water partition coefficient (Wildman–Crippen LogP) is 2.48. The van der Waals surface area contributed by atoms with Crippen LogP contribution in [0.1, 0.15) is 31.4 Å². The third kappa shape index (κ3) is 3.15. The molecule has 1 N–H and O–H groups in total. The fraction of sp³-hybridized carbons (Fsp3) is 0.533. The number of amides is 1. The number of hydrogen-bond donors (Lipinski definition) is 1. The number of piperidine rings is 1. The summed E-state index contributed by atoms with van der Waals surface area (Å²) in [7, 11) is 1.64. The highest BCUT2D eigenvalue weighted by Crippen LogP contribution is 2.25. The average molecular weight is 282 g/mol. The molecule has 5 heteroatoms. The molecule has 2 rings (SSSR count). The first kappa shape index (κ1) is 14.9. The third-order valence-corrected chi connectivity index (χ3v) is 3.98. The summed E-state index contributed by atoms with van der Waals surface area (Å²) in [5.74, 6) is -1.07. The number of halogens is 2. The van der Waals surface area contributed by atoms with Gasteiger partial charge in [-0.05, 0) is 44.5 Å². The highest BCUT2D eigenvalue weighted by atomic mass is 19.1. The van der Waals surface area contributed by atoms with Crippen molar-refractivity contribution in [2.45, 2.75) is 25.8 Å². The average Bonchev–Trinajstić information content (AvgIpc) is 2.48. The van der Waals surface area contributed by atoms with E-state index in [2.05, 4.69) is 5.32 Å². The van der Waals surface area contributed by atoms with Gasteiger partial charge in [0, 0.05) is 19.2 Å². The summed E-state index contributed by atoms with van der Waals surface area (Å²) >= 11 is 0. The molecule has 0 spiro atoms. The zero-order valence-corrected chi connectivity index (χ0v) is 11.8. The maximum Gasteiger partial charge on any atom is 0.227 e. The number of nitrogens with one attached hydrogen (secondary N) is 1. The van der Waals surface area contributed by atoms with Gasteiger partial charge < -0.3 is 10.2 Å². The highest BCUT2D eigenvalue weighted by molar-refractivity contribution is 5.79. The van der Waals surface area contributed by atoms with Crippen molar-refractivity contribution in [3.05, 3.63) is 35.4 Å². The number of nitrogens with zero attached hydrogens (tertiary/aromatic N) is 1. The first-order valence-electron chi connectivity index (χ1n) is 6.93. The molecule has 1 fully saturated rings. The molecule has 1 aromatic carbocycles. The van der Waals surface area contributed by atoms with Crippen LogP contribution in [0.25, 0.3) is 0 Å². The van der Waals surface area contributed by atoms with Gasteiger partial charge in [-0.1, -0.05) is 0 Å². The Labute approximate surface area is 118 Å². The highest BCUT2D eigenvalue weighted by Gasteiger charge is 2.28. The van der Waals surface area contributed by atoms with E-state index in [4.69, 9.17) is 0 Å². The monoisotopic (exact) mass is 282 g/mol. The quantitative estimate of drug-likeness (QED) is 0.923. The molecule has 1 heterocycles. The molecule has 0 radical (unpaired) electrons. The Bertz CT molecular complexity index is 487. The molecule has 1 aliphatic rings. The van der Waals surface area contributed by atoms with Crippen LogP contribution in [0.2, 0.25) is 0 Å². The second kappa shape index (κ2) is 6.31. The van der Waals surface area contributed by atoms with Gasteiger partial charge in [0.15, 0.2) is 0 Å². The van der Waals surface area contributed by atoms with E-state index in [1.807, 2.05) is 0 Å². The summed E-state index contributed by atoms with van der Waals surface area (Å²) in [6, 6.07) is 2.85. The summed E-state index contributed by atoms with van der Waals surface area (Å²) < 4.78 is 27.0. The Morgan fingerprint density at radius 2 is 2.20 bits per heavy atom. The summed E-state index contributed by atoms with van der Waals surface area (Å²) in [5, 5.41) is 3.19. The van der Waals surface area contributed by atoms with Gasteiger partial charge in [0.1, 0.15) is 11.6 Å². The van der Waals surface area contributed by atoms with E-state index in [0.717, 1.165) is 37.6 Å². The smallest absolute Gasteiger partial charge is 0.227 e. The molecule has 3 nitrogen and oxygen atoms in total. The minimum Gasteiger partial charge on any atom is -0.339 e. The number of hydrogen-bond acceptors (Lipinski definition) is 2. The van der Waals surface area contributed by atoms with Gasteiger partial charge in [0.25, 0.3) is 0 Å². The normalized spacial score (nSPS) is 20.5.